The number of benzene rings is 1. The van der Waals surface area contributed by atoms with Gasteiger partial charge in [0.2, 0.25) is 0 Å². The van der Waals surface area contributed by atoms with Crippen LogP contribution in [0.25, 0.3) is 0 Å². The van der Waals surface area contributed by atoms with Gasteiger partial charge in [-0.3, -0.25) is 10.1 Å². The van der Waals surface area contributed by atoms with Crippen LogP contribution in [0.1, 0.15) is 30.9 Å². The van der Waals surface area contributed by atoms with Crippen molar-refractivity contribution in [1.29, 1.82) is 0 Å². The highest BCUT2D eigenvalue weighted by Gasteiger charge is 2.15. The molecule has 0 saturated heterocycles. The Hall–Kier alpha value is -1.38. The fraction of sp³-hybridized carbons (Fsp3) is 0.400. The predicted molar refractivity (Wildman–Crippen MR) is 51.9 cm³/mol. The Labute approximate surface area is 77.5 Å². The molecule has 0 unspecified atom stereocenters. The Morgan fingerprint density at radius 1 is 1.38 bits per heavy atom. The summed E-state index contributed by atoms with van der Waals surface area (Å²) in [5.74, 6) is 0.195. The van der Waals surface area contributed by atoms with Crippen molar-refractivity contribution in [2.45, 2.75) is 26.7 Å². The maximum atomic E-state index is 10.7. The zero-order valence-corrected chi connectivity index (χ0v) is 8.07. The number of rotatable bonds is 2. The van der Waals surface area contributed by atoms with Crippen molar-refractivity contribution in [3.63, 3.8) is 0 Å². The van der Waals surface area contributed by atoms with Crippen LogP contribution in [0.5, 0.6) is 0 Å². The van der Waals surface area contributed by atoms with Crippen LogP contribution in [0.4, 0.5) is 5.69 Å². The highest BCUT2D eigenvalue weighted by molar-refractivity contribution is 5.44. The van der Waals surface area contributed by atoms with Gasteiger partial charge in [-0.15, -0.1) is 0 Å². The molecule has 0 aliphatic rings. The van der Waals surface area contributed by atoms with E-state index in [4.69, 9.17) is 0 Å². The second-order valence-electron chi connectivity index (χ2n) is 3.47. The first-order chi connectivity index (χ1) is 6.02. The van der Waals surface area contributed by atoms with Crippen LogP contribution < -0.4 is 0 Å². The van der Waals surface area contributed by atoms with Gasteiger partial charge in [-0.05, 0) is 18.4 Å². The van der Waals surface area contributed by atoms with Crippen LogP contribution in [-0.4, -0.2) is 4.92 Å². The number of nitro groups is 1. The van der Waals surface area contributed by atoms with Crippen molar-refractivity contribution >= 4 is 5.69 Å². The average Bonchev–Trinajstić information content (AvgIpc) is 2.03. The quantitative estimate of drug-likeness (QED) is 0.517. The fourth-order valence-corrected chi connectivity index (χ4v) is 1.30. The van der Waals surface area contributed by atoms with Crippen LogP contribution in [-0.2, 0) is 0 Å². The Bertz CT molecular complexity index is 332. The summed E-state index contributed by atoms with van der Waals surface area (Å²) in [6, 6.07) is 5.36. The molecule has 0 bridgehead atoms. The molecule has 1 aromatic rings. The first kappa shape index (κ1) is 9.71. The highest BCUT2D eigenvalue weighted by Crippen LogP contribution is 2.26. The molecule has 0 aromatic heterocycles. The van der Waals surface area contributed by atoms with E-state index in [0.717, 1.165) is 11.1 Å². The number of aryl methyl sites for hydroxylation is 1. The lowest BCUT2D eigenvalue weighted by molar-refractivity contribution is -0.385. The Kier molecular flexibility index (Phi) is 2.66. The molecule has 70 valence electrons. The topological polar surface area (TPSA) is 43.1 Å². The minimum absolute atomic E-state index is 0.195. The third-order valence-electron chi connectivity index (χ3n) is 2.00. The minimum Gasteiger partial charge on any atom is -0.258 e. The van der Waals surface area contributed by atoms with Crippen molar-refractivity contribution in [1.82, 2.24) is 0 Å². The molecular formula is C10H13NO2. The number of nitro benzene ring substituents is 1. The van der Waals surface area contributed by atoms with Gasteiger partial charge in [0.05, 0.1) is 4.92 Å². The lowest BCUT2D eigenvalue weighted by atomic mass is 10.00. The maximum Gasteiger partial charge on any atom is 0.273 e. The second-order valence-corrected chi connectivity index (χ2v) is 3.47. The Morgan fingerprint density at radius 3 is 2.46 bits per heavy atom. The number of hydrogen-bond acceptors (Lipinski definition) is 2. The molecule has 0 saturated carbocycles. The van der Waals surface area contributed by atoms with E-state index in [2.05, 4.69) is 0 Å². The van der Waals surface area contributed by atoms with Gasteiger partial charge in [0.25, 0.3) is 5.69 Å². The molecule has 3 nitrogen and oxygen atoms in total. The molecule has 0 spiro atoms. The van der Waals surface area contributed by atoms with Crippen LogP contribution in [0.3, 0.4) is 0 Å². The molecule has 0 fully saturated rings. The van der Waals surface area contributed by atoms with Gasteiger partial charge in [0.1, 0.15) is 0 Å². The highest BCUT2D eigenvalue weighted by atomic mass is 16.6. The summed E-state index contributed by atoms with van der Waals surface area (Å²) in [5.41, 5.74) is 1.96. The van der Waals surface area contributed by atoms with E-state index in [1.54, 1.807) is 6.07 Å². The van der Waals surface area contributed by atoms with Crippen LogP contribution in [0.15, 0.2) is 18.2 Å². The summed E-state index contributed by atoms with van der Waals surface area (Å²) in [6.45, 7) is 5.77. The molecule has 0 atom stereocenters. The summed E-state index contributed by atoms with van der Waals surface area (Å²) >= 11 is 0. The molecule has 0 aliphatic carbocycles. The van der Waals surface area contributed by atoms with Crippen LogP contribution in [0.2, 0.25) is 0 Å². The predicted octanol–water partition coefficient (Wildman–Crippen LogP) is 3.03. The third kappa shape index (κ3) is 2.05. The van der Waals surface area contributed by atoms with E-state index >= 15 is 0 Å². The average molecular weight is 179 g/mol. The Balaban J connectivity index is 3.27. The van der Waals surface area contributed by atoms with E-state index in [0.29, 0.717) is 0 Å². The fourth-order valence-electron chi connectivity index (χ4n) is 1.30. The molecule has 13 heavy (non-hydrogen) atoms. The molecule has 1 aromatic carbocycles. The van der Waals surface area contributed by atoms with E-state index in [9.17, 15) is 10.1 Å². The van der Waals surface area contributed by atoms with Crippen molar-refractivity contribution < 1.29 is 4.92 Å². The van der Waals surface area contributed by atoms with Crippen molar-refractivity contribution in [2.75, 3.05) is 0 Å². The first-order valence-corrected chi connectivity index (χ1v) is 4.27. The van der Waals surface area contributed by atoms with Gasteiger partial charge in [0, 0.05) is 11.6 Å². The zero-order valence-electron chi connectivity index (χ0n) is 8.07. The van der Waals surface area contributed by atoms with Crippen LogP contribution >= 0.6 is 0 Å². The summed E-state index contributed by atoms with van der Waals surface area (Å²) in [5, 5.41) is 10.7. The lowest BCUT2D eigenvalue weighted by Crippen LogP contribution is -1.97. The van der Waals surface area contributed by atoms with Gasteiger partial charge >= 0.3 is 0 Å². The number of hydrogen-bond donors (Lipinski definition) is 0. The summed E-state index contributed by atoms with van der Waals surface area (Å²) < 4.78 is 0. The van der Waals surface area contributed by atoms with Gasteiger partial charge in [-0.1, -0.05) is 26.0 Å². The normalized spacial score (nSPS) is 10.5. The summed E-state index contributed by atoms with van der Waals surface area (Å²) in [4.78, 5) is 10.4. The maximum absolute atomic E-state index is 10.7. The monoisotopic (exact) mass is 179 g/mol. The van der Waals surface area contributed by atoms with Crippen LogP contribution in [0, 0.1) is 17.0 Å². The molecular weight excluding hydrogens is 166 g/mol. The van der Waals surface area contributed by atoms with Crippen molar-refractivity contribution in [3.8, 4) is 0 Å². The molecule has 0 aliphatic heterocycles. The van der Waals surface area contributed by atoms with Gasteiger partial charge in [0.15, 0.2) is 0 Å². The molecule has 0 radical (unpaired) electrons. The van der Waals surface area contributed by atoms with Gasteiger partial charge in [-0.25, -0.2) is 0 Å². The van der Waals surface area contributed by atoms with Crippen molar-refractivity contribution in [3.05, 3.63) is 39.4 Å². The SMILES string of the molecule is Cc1ccc(C(C)C)c([N+](=O)[O-])c1. The molecule has 0 heterocycles. The van der Waals surface area contributed by atoms with E-state index in [-0.39, 0.29) is 16.5 Å². The molecule has 3 heteroatoms. The Morgan fingerprint density at radius 2 is 2.00 bits per heavy atom. The lowest BCUT2D eigenvalue weighted by Gasteiger charge is -2.06. The van der Waals surface area contributed by atoms with E-state index in [1.165, 1.54) is 0 Å². The minimum atomic E-state index is -0.317. The smallest absolute Gasteiger partial charge is 0.258 e. The first-order valence-electron chi connectivity index (χ1n) is 4.27. The largest absolute Gasteiger partial charge is 0.273 e. The third-order valence-corrected chi connectivity index (χ3v) is 2.00. The van der Waals surface area contributed by atoms with E-state index < -0.39 is 0 Å². The molecule has 0 N–H and O–H groups in total. The number of nitrogens with zero attached hydrogens (tertiary/aromatic N) is 1. The van der Waals surface area contributed by atoms with E-state index in [1.807, 2.05) is 32.9 Å². The standard InChI is InChI=1S/C10H13NO2/c1-7(2)9-5-4-8(3)6-10(9)11(12)13/h4-7H,1-3H3. The molecule has 0 amide bonds. The summed E-state index contributed by atoms with van der Waals surface area (Å²) in [6.07, 6.45) is 0. The molecule has 1 rings (SSSR count). The zero-order chi connectivity index (χ0) is 10.0. The van der Waals surface area contributed by atoms with Gasteiger partial charge < -0.3 is 0 Å². The van der Waals surface area contributed by atoms with Gasteiger partial charge in [-0.2, -0.15) is 0 Å². The van der Waals surface area contributed by atoms with Crippen molar-refractivity contribution in [2.24, 2.45) is 0 Å². The summed E-state index contributed by atoms with van der Waals surface area (Å²) in [7, 11) is 0. The second kappa shape index (κ2) is 3.56.